The van der Waals surface area contributed by atoms with E-state index in [1.165, 1.54) is 43.6 Å². The van der Waals surface area contributed by atoms with Gasteiger partial charge >= 0.3 is 0 Å². The number of hydrogen-bond acceptors (Lipinski definition) is 6. The van der Waals surface area contributed by atoms with Crippen molar-refractivity contribution in [2.45, 2.75) is 0 Å². The molecule has 100 heavy (non-hydrogen) atoms. The van der Waals surface area contributed by atoms with E-state index in [0.717, 1.165) is 123 Å². The third-order valence-corrected chi connectivity index (χ3v) is 19.2. The Balaban J connectivity index is 0.000000139. The van der Waals surface area contributed by atoms with Gasteiger partial charge in [-0.2, -0.15) is 0 Å². The van der Waals surface area contributed by atoms with E-state index in [0.29, 0.717) is 11.8 Å². The van der Waals surface area contributed by atoms with Gasteiger partial charge in [-0.3, -0.25) is 14.5 Å². The molecule has 8 aromatic heterocycles. The molecule has 10 heteroatoms. The van der Waals surface area contributed by atoms with Crippen LogP contribution in [0.5, 0.6) is 0 Å². The molecular formula is C90H58N10. The molecule has 12 aromatic carbocycles. The van der Waals surface area contributed by atoms with Crippen LogP contribution in [-0.4, -0.2) is 48.2 Å². The minimum absolute atomic E-state index is 0.612. The monoisotopic (exact) mass is 1280 g/mol. The zero-order chi connectivity index (χ0) is 66.0. The molecule has 20 rings (SSSR count). The molecule has 0 aliphatic heterocycles. The van der Waals surface area contributed by atoms with Gasteiger partial charge in [-0.1, -0.05) is 218 Å². The predicted octanol–water partition coefficient (Wildman–Crippen LogP) is 22.1. The summed E-state index contributed by atoms with van der Waals surface area (Å²) in [5.74, 6) is 1.31. The number of para-hydroxylation sites is 4. The van der Waals surface area contributed by atoms with Crippen LogP contribution in [-0.2, 0) is 0 Å². The molecular weight excluding hydrogens is 1220 g/mol. The lowest BCUT2D eigenvalue weighted by molar-refractivity contribution is 0.994. The fourth-order valence-electron chi connectivity index (χ4n) is 14.6. The van der Waals surface area contributed by atoms with E-state index in [1.54, 1.807) is 0 Å². The van der Waals surface area contributed by atoms with E-state index < -0.39 is 0 Å². The van der Waals surface area contributed by atoms with E-state index >= 15 is 0 Å². The smallest absolute Gasteiger partial charge is 0.235 e. The fraction of sp³-hybridized carbons (Fsp3) is 0. The van der Waals surface area contributed by atoms with E-state index in [4.69, 9.17) is 29.9 Å². The summed E-state index contributed by atoms with van der Waals surface area (Å²) in [6.45, 7) is 0. The zero-order valence-electron chi connectivity index (χ0n) is 54.0. The Morgan fingerprint density at radius 1 is 0.220 bits per heavy atom. The summed E-state index contributed by atoms with van der Waals surface area (Å²) in [4.78, 5) is 30.2. The molecule has 0 N–H and O–H groups in total. The molecule has 10 nitrogen and oxygen atoms in total. The van der Waals surface area contributed by atoms with Gasteiger partial charge in [-0.25, -0.2) is 19.9 Å². The SMILES string of the molecule is c1ccc(-c2cc(-c3ccccc3)nc(-n3c4ccc(-c5ccc6c(c5)c5ccccc5n6-c5ccccc5)cc4c4ncccc43)n2)cc1.c1ccc(-c2ncc(-n3c4ccc(-c5ccc6c(c5)c5ccccc5n6-c5ccccc5)cc4c4ncccc43)c(-c3ccccc3)n2)cc1. The van der Waals surface area contributed by atoms with Gasteiger partial charge in [0.2, 0.25) is 5.95 Å². The molecule has 20 aromatic rings. The molecule has 8 heterocycles. The molecule has 0 aliphatic carbocycles. The molecule has 0 saturated carbocycles. The maximum absolute atomic E-state index is 5.17. The Bertz CT molecular complexity index is 6440. The van der Waals surface area contributed by atoms with Gasteiger partial charge in [0.1, 0.15) is 0 Å². The van der Waals surface area contributed by atoms with Crippen LogP contribution < -0.4 is 0 Å². The fourth-order valence-corrected chi connectivity index (χ4v) is 14.6. The first-order valence-corrected chi connectivity index (χ1v) is 33.6. The average Bonchev–Trinajstić information content (AvgIpc) is 1.52. The van der Waals surface area contributed by atoms with Crippen LogP contribution in [0.3, 0.4) is 0 Å². The Morgan fingerprint density at radius 2 is 0.580 bits per heavy atom. The quantitative estimate of drug-likeness (QED) is 0.135. The van der Waals surface area contributed by atoms with Gasteiger partial charge in [0.25, 0.3) is 0 Å². The Morgan fingerprint density at radius 3 is 1.05 bits per heavy atom. The summed E-state index contributed by atoms with van der Waals surface area (Å²) in [7, 11) is 0. The van der Waals surface area contributed by atoms with Crippen LogP contribution in [0.25, 0.3) is 178 Å². The van der Waals surface area contributed by atoms with Gasteiger partial charge in [0.05, 0.1) is 84.1 Å². The largest absolute Gasteiger partial charge is 0.309 e. The summed E-state index contributed by atoms with van der Waals surface area (Å²) in [6, 6.07) is 117. The number of pyridine rings is 2. The van der Waals surface area contributed by atoms with Gasteiger partial charge in [-0.15, -0.1) is 0 Å². The normalized spacial score (nSPS) is 11.6. The van der Waals surface area contributed by atoms with Crippen molar-refractivity contribution in [1.29, 1.82) is 0 Å². The van der Waals surface area contributed by atoms with Gasteiger partial charge in [-0.05, 0) is 138 Å². The van der Waals surface area contributed by atoms with E-state index in [-0.39, 0.29) is 0 Å². The molecule has 0 amide bonds. The topological polar surface area (TPSA) is 97.1 Å². The second-order valence-corrected chi connectivity index (χ2v) is 25.0. The number of hydrogen-bond donors (Lipinski definition) is 0. The van der Waals surface area contributed by atoms with Crippen LogP contribution in [0.1, 0.15) is 0 Å². The maximum atomic E-state index is 5.17. The highest BCUT2D eigenvalue weighted by Crippen LogP contribution is 2.42. The Kier molecular flexibility index (Phi) is 14.0. The van der Waals surface area contributed by atoms with Crippen LogP contribution in [0.2, 0.25) is 0 Å². The number of aromatic nitrogens is 10. The third-order valence-electron chi connectivity index (χ3n) is 19.2. The third kappa shape index (κ3) is 9.88. The number of benzene rings is 12. The number of fused-ring (bicyclic) bond motifs is 12. The standard InChI is InChI=1S/2C45H29N5/c1-4-13-30(14-5-1)38-29-39(31-15-6-2-7-16-31)48-45(47-38)50-42-25-23-33(28-37(42)44-43(50)21-12-26-46-44)32-22-24-41-36(27-32)35-19-10-11-20-40(35)49(41)34-17-8-3-9-18-34;1-4-13-30(14-5-1)43-42(29-47-45(48-43)31-15-6-2-7-16-31)50-40-25-23-33(28-37(40)44-41(50)21-12-26-46-44)32-22-24-39-36(27-32)35-19-10-11-20-38(35)49(39)34-17-8-3-9-18-34/h2*1-29H. The lowest BCUT2D eigenvalue weighted by atomic mass is 10.0. The van der Waals surface area contributed by atoms with Crippen molar-refractivity contribution in [3.05, 3.63) is 352 Å². The molecule has 0 saturated heterocycles. The highest BCUT2D eigenvalue weighted by molar-refractivity contribution is 6.14. The first-order chi connectivity index (χ1) is 49.6. The molecule has 468 valence electrons. The minimum atomic E-state index is 0.612. The zero-order valence-corrected chi connectivity index (χ0v) is 54.0. The van der Waals surface area contributed by atoms with E-state index in [2.05, 4.69) is 267 Å². The van der Waals surface area contributed by atoms with Gasteiger partial charge < -0.3 is 13.7 Å². The van der Waals surface area contributed by atoms with Crippen LogP contribution >= 0.6 is 0 Å². The summed E-state index contributed by atoms with van der Waals surface area (Å²) in [6.07, 6.45) is 5.68. The maximum Gasteiger partial charge on any atom is 0.235 e. The molecule has 0 aliphatic rings. The highest BCUT2D eigenvalue weighted by atomic mass is 15.2. The molecule has 0 bridgehead atoms. The van der Waals surface area contributed by atoms with Gasteiger partial charge in [0, 0.05) is 78.3 Å². The molecule has 0 atom stereocenters. The lowest BCUT2D eigenvalue weighted by Crippen LogP contribution is -2.04. The van der Waals surface area contributed by atoms with Crippen molar-refractivity contribution >= 4 is 87.5 Å². The van der Waals surface area contributed by atoms with Crippen molar-refractivity contribution in [3.8, 4) is 90.4 Å². The summed E-state index contributed by atoms with van der Waals surface area (Å²) in [5, 5.41) is 7.06. The van der Waals surface area contributed by atoms with Crippen molar-refractivity contribution in [1.82, 2.24) is 48.2 Å². The lowest BCUT2D eigenvalue weighted by Gasteiger charge is -2.14. The number of nitrogens with zero attached hydrogens (tertiary/aromatic N) is 10. The number of rotatable bonds is 10. The highest BCUT2D eigenvalue weighted by Gasteiger charge is 2.23. The summed E-state index contributed by atoms with van der Waals surface area (Å²) in [5.41, 5.74) is 25.2. The van der Waals surface area contributed by atoms with Crippen molar-refractivity contribution in [2.75, 3.05) is 0 Å². The van der Waals surface area contributed by atoms with E-state index in [9.17, 15) is 0 Å². The van der Waals surface area contributed by atoms with Crippen LogP contribution in [0.15, 0.2) is 352 Å². The first-order valence-electron chi connectivity index (χ1n) is 33.6. The van der Waals surface area contributed by atoms with Crippen LogP contribution in [0, 0.1) is 0 Å². The van der Waals surface area contributed by atoms with Crippen molar-refractivity contribution < 1.29 is 0 Å². The second-order valence-electron chi connectivity index (χ2n) is 25.0. The van der Waals surface area contributed by atoms with Gasteiger partial charge in [0.15, 0.2) is 5.82 Å². The van der Waals surface area contributed by atoms with Crippen molar-refractivity contribution in [3.63, 3.8) is 0 Å². The predicted molar refractivity (Wildman–Crippen MR) is 410 cm³/mol. The molecule has 0 fully saturated rings. The molecule has 0 radical (unpaired) electrons. The molecule has 0 unspecified atom stereocenters. The minimum Gasteiger partial charge on any atom is -0.309 e. The Hall–Kier alpha value is -13.7. The first kappa shape index (κ1) is 57.7. The average molecular weight is 1280 g/mol. The Labute approximate surface area is 575 Å². The van der Waals surface area contributed by atoms with E-state index in [1.807, 2.05) is 104 Å². The second kappa shape index (κ2) is 24.2. The summed E-state index contributed by atoms with van der Waals surface area (Å²) < 4.78 is 9.11. The van der Waals surface area contributed by atoms with Crippen molar-refractivity contribution in [2.24, 2.45) is 0 Å². The summed E-state index contributed by atoms with van der Waals surface area (Å²) >= 11 is 0. The van der Waals surface area contributed by atoms with Crippen LogP contribution in [0.4, 0.5) is 0 Å². The molecule has 0 spiro atoms.